The fraction of sp³-hybridized carbons (Fsp3) is 0.909. The summed E-state index contributed by atoms with van der Waals surface area (Å²) >= 11 is 0. The normalized spacial score (nSPS) is 13.0. The van der Waals surface area contributed by atoms with E-state index in [2.05, 4.69) is 0 Å². The van der Waals surface area contributed by atoms with Crippen LogP contribution in [0.3, 0.4) is 0 Å². The smallest absolute Gasteiger partial charge is 0.333 e. The van der Waals surface area contributed by atoms with Crippen LogP contribution in [0.2, 0.25) is 0 Å². The van der Waals surface area contributed by atoms with Gasteiger partial charge in [0, 0.05) is 20.3 Å². The van der Waals surface area contributed by atoms with Crippen molar-refractivity contribution in [2.24, 2.45) is 5.92 Å². The molecule has 0 aromatic carbocycles. The van der Waals surface area contributed by atoms with E-state index in [1.807, 2.05) is 13.8 Å². The third kappa shape index (κ3) is 7.62. The summed E-state index contributed by atoms with van der Waals surface area (Å²) in [6.45, 7) is 5.76. The van der Waals surface area contributed by atoms with Crippen molar-refractivity contribution >= 4 is 5.97 Å². The van der Waals surface area contributed by atoms with Crippen molar-refractivity contribution in [2.75, 3.05) is 33.5 Å². The highest BCUT2D eigenvalue weighted by atomic mass is 16.5. The third-order valence-electron chi connectivity index (χ3n) is 2.01. The number of carbonyl (C=O) groups is 1. The Hall–Kier alpha value is -0.650. The van der Waals surface area contributed by atoms with Crippen LogP contribution in [0, 0.1) is 5.92 Å². The van der Waals surface area contributed by atoms with Gasteiger partial charge in [0.2, 0.25) is 0 Å². The van der Waals surface area contributed by atoms with E-state index >= 15 is 0 Å². The Bertz CT molecular complexity index is 181. The van der Waals surface area contributed by atoms with Gasteiger partial charge in [0.05, 0.1) is 13.2 Å². The summed E-state index contributed by atoms with van der Waals surface area (Å²) in [5, 5.41) is 8.84. The lowest BCUT2D eigenvalue weighted by Crippen LogP contribution is -2.30. The van der Waals surface area contributed by atoms with Crippen LogP contribution < -0.4 is 0 Å². The quantitative estimate of drug-likeness (QED) is 0.575. The molecule has 0 aliphatic rings. The Balaban J connectivity index is 3.45. The van der Waals surface area contributed by atoms with Gasteiger partial charge >= 0.3 is 5.97 Å². The molecule has 1 atom stereocenters. The number of rotatable bonds is 10. The molecule has 0 amide bonds. The van der Waals surface area contributed by atoms with E-state index in [4.69, 9.17) is 19.3 Å². The number of methoxy groups -OCH3 is 1. The monoisotopic (exact) mass is 234 g/mol. The Labute approximate surface area is 96.7 Å². The lowest BCUT2D eigenvalue weighted by Gasteiger charge is -2.16. The summed E-state index contributed by atoms with van der Waals surface area (Å²) in [5.41, 5.74) is 0. The van der Waals surface area contributed by atoms with Crippen molar-refractivity contribution < 1.29 is 24.1 Å². The van der Waals surface area contributed by atoms with Gasteiger partial charge in [-0.2, -0.15) is 0 Å². The molecule has 0 aromatic rings. The molecular weight excluding hydrogens is 212 g/mol. The molecule has 0 aliphatic heterocycles. The molecule has 1 N–H and O–H groups in total. The molecule has 1 unspecified atom stereocenters. The average molecular weight is 234 g/mol. The highest BCUT2D eigenvalue weighted by Crippen LogP contribution is 2.07. The van der Waals surface area contributed by atoms with Crippen LogP contribution in [-0.2, 0) is 19.0 Å². The first-order chi connectivity index (χ1) is 7.59. The Morgan fingerprint density at radius 2 is 1.88 bits per heavy atom. The second kappa shape index (κ2) is 9.57. The molecule has 96 valence electrons. The Kier molecular flexibility index (Phi) is 9.18. The first-order valence-electron chi connectivity index (χ1n) is 5.50. The highest BCUT2D eigenvalue weighted by molar-refractivity contribution is 5.72. The summed E-state index contributed by atoms with van der Waals surface area (Å²) in [4.78, 5) is 10.8. The van der Waals surface area contributed by atoms with Gasteiger partial charge < -0.3 is 19.3 Å². The van der Waals surface area contributed by atoms with Crippen LogP contribution in [0.15, 0.2) is 0 Å². The molecule has 5 heteroatoms. The zero-order chi connectivity index (χ0) is 12.4. The van der Waals surface area contributed by atoms with E-state index in [0.29, 0.717) is 32.8 Å². The van der Waals surface area contributed by atoms with Crippen LogP contribution in [-0.4, -0.2) is 50.7 Å². The van der Waals surface area contributed by atoms with Crippen molar-refractivity contribution in [1.29, 1.82) is 0 Å². The van der Waals surface area contributed by atoms with Crippen LogP contribution in [0.5, 0.6) is 0 Å². The third-order valence-corrected chi connectivity index (χ3v) is 2.01. The molecule has 0 fully saturated rings. The molecule has 0 saturated heterocycles. The average Bonchev–Trinajstić information content (AvgIpc) is 2.21. The number of aliphatic carboxylic acids is 1. The van der Waals surface area contributed by atoms with Crippen molar-refractivity contribution in [3.8, 4) is 0 Å². The maximum absolute atomic E-state index is 10.8. The molecule has 0 aromatic heterocycles. The lowest BCUT2D eigenvalue weighted by atomic mass is 10.1. The zero-order valence-corrected chi connectivity index (χ0v) is 10.3. The number of carboxylic acids is 1. The maximum atomic E-state index is 10.8. The van der Waals surface area contributed by atoms with Gasteiger partial charge in [0.15, 0.2) is 6.10 Å². The molecule has 0 radical (unpaired) electrons. The minimum atomic E-state index is -0.907. The van der Waals surface area contributed by atoms with E-state index in [1.54, 1.807) is 7.11 Å². The number of carboxylic acid groups (broad SMARTS) is 1. The topological polar surface area (TPSA) is 65.0 Å². The predicted octanol–water partition coefficient (Wildman–Crippen LogP) is 1.17. The molecule has 0 heterocycles. The van der Waals surface area contributed by atoms with Gasteiger partial charge in [0.25, 0.3) is 0 Å². The van der Waals surface area contributed by atoms with Crippen LogP contribution in [0.1, 0.15) is 20.3 Å². The lowest BCUT2D eigenvalue weighted by molar-refractivity contribution is -0.153. The second-order valence-electron chi connectivity index (χ2n) is 3.83. The summed E-state index contributed by atoms with van der Waals surface area (Å²) in [6, 6.07) is 0. The van der Waals surface area contributed by atoms with E-state index in [9.17, 15) is 4.79 Å². The van der Waals surface area contributed by atoms with E-state index < -0.39 is 12.1 Å². The molecule has 16 heavy (non-hydrogen) atoms. The number of ether oxygens (including phenoxy) is 3. The summed E-state index contributed by atoms with van der Waals surface area (Å²) in [5.74, 6) is -0.929. The van der Waals surface area contributed by atoms with E-state index in [0.717, 1.165) is 0 Å². The maximum Gasteiger partial charge on any atom is 0.333 e. The largest absolute Gasteiger partial charge is 0.479 e. The van der Waals surface area contributed by atoms with Crippen molar-refractivity contribution in [2.45, 2.75) is 26.4 Å². The molecular formula is C11H22O5. The van der Waals surface area contributed by atoms with Crippen LogP contribution in [0.4, 0.5) is 0 Å². The Morgan fingerprint density at radius 1 is 1.19 bits per heavy atom. The SMILES string of the molecule is COCCOCCCOC(C(=O)O)C(C)C. The summed E-state index contributed by atoms with van der Waals surface area (Å²) in [6.07, 6.45) is -0.0285. The number of hydrogen-bond acceptors (Lipinski definition) is 4. The first-order valence-corrected chi connectivity index (χ1v) is 5.50. The molecule has 0 aliphatic carbocycles. The van der Waals surface area contributed by atoms with E-state index in [-0.39, 0.29) is 5.92 Å². The highest BCUT2D eigenvalue weighted by Gasteiger charge is 2.21. The molecule has 0 rings (SSSR count). The Morgan fingerprint density at radius 3 is 2.38 bits per heavy atom. The predicted molar refractivity (Wildman–Crippen MR) is 59.5 cm³/mol. The van der Waals surface area contributed by atoms with Gasteiger partial charge in [-0.15, -0.1) is 0 Å². The minimum Gasteiger partial charge on any atom is -0.479 e. The van der Waals surface area contributed by atoms with Crippen LogP contribution >= 0.6 is 0 Å². The van der Waals surface area contributed by atoms with Gasteiger partial charge in [-0.05, 0) is 12.3 Å². The fourth-order valence-electron chi connectivity index (χ4n) is 1.16. The fourth-order valence-corrected chi connectivity index (χ4v) is 1.16. The van der Waals surface area contributed by atoms with Crippen molar-refractivity contribution in [3.05, 3.63) is 0 Å². The van der Waals surface area contributed by atoms with Gasteiger partial charge in [-0.3, -0.25) is 0 Å². The number of hydrogen-bond donors (Lipinski definition) is 1. The standard InChI is InChI=1S/C11H22O5/c1-9(2)10(11(12)13)16-6-4-5-15-8-7-14-3/h9-10H,4-8H2,1-3H3,(H,12,13). The van der Waals surface area contributed by atoms with Gasteiger partial charge in [-0.25, -0.2) is 4.79 Å². The first kappa shape index (κ1) is 15.3. The van der Waals surface area contributed by atoms with Gasteiger partial charge in [0.1, 0.15) is 0 Å². The van der Waals surface area contributed by atoms with Gasteiger partial charge in [-0.1, -0.05) is 13.8 Å². The molecule has 0 bridgehead atoms. The van der Waals surface area contributed by atoms with E-state index in [1.165, 1.54) is 0 Å². The molecule has 0 spiro atoms. The van der Waals surface area contributed by atoms with Crippen molar-refractivity contribution in [3.63, 3.8) is 0 Å². The summed E-state index contributed by atoms with van der Waals surface area (Å²) in [7, 11) is 1.62. The molecule has 5 nitrogen and oxygen atoms in total. The molecule has 0 saturated carbocycles. The second-order valence-corrected chi connectivity index (χ2v) is 3.83. The van der Waals surface area contributed by atoms with Crippen molar-refractivity contribution in [1.82, 2.24) is 0 Å². The minimum absolute atomic E-state index is 0.0214. The zero-order valence-electron chi connectivity index (χ0n) is 10.3. The summed E-state index contributed by atoms with van der Waals surface area (Å²) < 4.78 is 15.3. The van der Waals surface area contributed by atoms with Crippen LogP contribution in [0.25, 0.3) is 0 Å².